The molecule has 16 heavy (non-hydrogen) atoms. The van der Waals surface area contributed by atoms with Crippen LogP contribution >= 0.6 is 12.2 Å². The molecule has 1 fully saturated rings. The fourth-order valence-electron chi connectivity index (χ4n) is 1.72. The first-order valence-corrected chi connectivity index (χ1v) is 5.78. The Kier molecular flexibility index (Phi) is 4.67. The minimum Gasteiger partial charge on any atom is -0.393 e. The number of nitrogens with one attached hydrogen (secondary N) is 1. The van der Waals surface area contributed by atoms with Crippen LogP contribution in [0.5, 0.6) is 0 Å². The van der Waals surface area contributed by atoms with Crippen molar-refractivity contribution in [2.75, 3.05) is 13.1 Å². The average molecular weight is 243 g/mol. The van der Waals surface area contributed by atoms with E-state index in [0.29, 0.717) is 0 Å². The Balaban J connectivity index is 2.38. The van der Waals surface area contributed by atoms with Crippen LogP contribution in [-0.2, 0) is 9.59 Å². The van der Waals surface area contributed by atoms with Gasteiger partial charge in [0.05, 0.1) is 11.4 Å². The summed E-state index contributed by atoms with van der Waals surface area (Å²) in [6.45, 7) is 3.25. The van der Waals surface area contributed by atoms with Crippen LogP contribution in [0.4, 0.5) is 0 Å². The molecule has 0 bridgehead atoms. The molecule has 0 saturated carbocycles. The number of carbonyl (C=O) groups excluding carboxylic acids is 2. The molecule has 6 heteroatoms. The van der Waals surface area contributed by atoms with Gasteiger partial charge < -0.3 is 16.0 Å². The smallest absolute Gasteiger partial charge is 0.244 e. The van der Waals surface area contributed by atoms with E-state index in [1.165, 1.54) is 0 Å². The van der Waals surface area contributed by atoms with Gasteiger partial charge in [0, 0.05) is 13.1 Å². The fourth-order valence-corrected chi connectivity index (χ4v) is 1.85. The number of hydrogen-bond acceptors (Lipinski definition) is 3. The van der Waals surface area contributed by atoms with Crippen LogP contribution in [0.2, 0.25) is 0 Å². The van der Waals surface area contributed by atoms with Gasteiger partial charge in [-0.05, 0) is 19.8 Å². The Bertz CT molecular complexity index is 300. The molecule has 90 valence electrons. The molecule has 5 nitrogen and oxygen atoms in total. The summed E-state index contributed by atoms with van der Waals surface area (Å²) in [5.41, 5.74) is 5.24. The highest BCUT2D eigenvalue weighted by atomic mass is 32.1. The van der Waals surface area contributed by atoms with Gasteiger partial charge in [-0.2, -0.15) is 0 Å². The van der Waals surface area contributed by atoms with Crippen molar-refractivity contribution in [3.05, 3.63) is 0 Å². The maximum absolute atomic E-state index is 11.8. The van der Waals surface area contributed by atoms with Crippen LogP contribution in [0.25, 0.3) is 0 Å². The van der Waals surface area contributed by atoms with Crippen LogP contribution in [0.15, 0.2) is 0 Å². The van der Waals surface area contributed by atoms with E-state index in [4.69, 9.17) is 5.73 Å². The van der Waals surface area contributed by atoms with Gasteiger partial charge in [0.2, 0.25) is 11.8 Å². The molecule has 1 heterocycles. The second-order valence-electron chi connectivity index (χ2n) is 3.96. The number of thiocarbonyl (C=S) groups is 1. The van der Waals surface area contributed by atoms with E-state index >= 15 is 0 Å². The number of amides is 2. The summed E-state index contributed by atoms with van der Waals surface area (Å²) in [7, 11) is 0. The quantitative estimate of drug-likeness (QED) is 0.670. The van der Waals surface area contributed by atoms with Gasteiger partial charge in [0.25, 0.3) is 0 Å². The lowest BCUT2D eigenvalue weighted by Gasteiger charge is -2.20. The van der Waals surface area contributed by atoms with Crippen LogP contribution in [0.1, 0.15) is 26.2 Å². The molecule has 1 aliphatic heterocycles. The van der Waals surface area contributed by atoms with Crippen LogP contribution in [0.3, 0.4) is 0 Å². The number of rotatable bonds is 4. The minimum absolute atomic E-state index is 0.00699. The highest BCUT2D eigenvalue weighted by Gasteiger charge is 2.24. The Hall–Kier alpha value is -1.17. The van der Waals surface area contributed by atoms with Gasteiger partial charge in [-0.15, -0.1) is 0 Å². The molecular formula is C10H17N3O2S. The first kappa shape index (κ1) is 12.9. The van der Waals surface area contributed by atoms with Crippen molar-refractivity contribution >= 4 is 29.0 Å². The van der Waals surface area contributed by atoms with E-state index in [-0.39, 0.29) is 23.2 Å². The van der Waals surface area contributed by atoms with Crippen molar-refractivity contribution in [2.45, 2.75) is 32.2 Å². The molecule has 0 radical (unpaired) electrons. The van der Waals surface area contributed by atoms with Gasteiger partial charge in [0.1, 0.15) is 6.04 Å². The summed E-state index contributed by atoms with van der Waals surface area (Å²) in [5.74, 6) is -0.332. The standard InChI is InChI=1S/C10H17N3O2S/c1-7(12-9(14)6-8(11)16)10(15)13-4-2-3-5-13/h7H,2-6H2,1H3,(H2,11,16)(H,12,14). The number of nitrogens with two attached hydrogens (primary N) is 1. The summed E-state index contributed by atoms with van der Waals surface area (Å²) >= 11 is 4.62. The van der Waals surface area contributed by atoms with Gasteiger partial charge in [0.15, 0.2) is 0 Å². The third kappa shape index (κ3) is 3.77. The van der Waals surface area contributed by atoms with E-state index in [1.54, 1.807) is 11.8 Å². The highest BCUT2D eigenvalue weighted by molar-refractivity contribution is 7.80. The summed E-state index contributed by atoms with van der Waals surface area (Å²) in [4.78, 5) is 25.1. The van der Waals surface area contributed by atoms with Gasteiger partial charge in [-0.3, -0.25) is 9.59 Å². The Morgan fingerprint density at radius 2 is 2.00 bits per heavy atom. The molecule has 1 rings (SSSR count). The largest absolute Gasteiger partial charge is 0.393 e. The zero-order valence-electron chi connectivity index (χ0n) is 9.36. The molecular weight excluding hydrogens is 226 g/mol. The van der Waals surface area contributed by atoms with E-state index in [2.05, 4.69) is 17.5 Å². The van der Waals surface area contributed by atoms with Gasteiger partial charge in [-0.25, -0.2) is 0 Å². The number of likely N-dealkylation sites (tertiary alicyclic amines) is 1. The molecule has 0 aliphatic carbocycles. The van der Waals surface area contributed by atoms with Crippen molar-refractivity contribution in [3.8, 4) is 0 Å². The maximum atomic E-state index is 11.8. The summed E-state index contributed by atoms with van der Waals surface area (Å²) in [6, 6.07) is -0.500. The fraction of sp³-hybridized carbons (Fsp3) is 0.700. The third-order valence-corrected chi connectivity index (χ3v) is 2.64. The second-order valence-corrected chi connectivity index (χ2v) is 4.49. The van der Waals surface area contributed by atoms with Crippen molar-refractivity contribution in [2.24, 2.45) is 5.73 Å². The maximum Gasteiger partial charge on any atom is 0.244 e. The van der Waals surface area contributed by atoms with Crippen molar-refractivity contribution in [1.29, 1.82) is 0 Å². The van der Waals surface area contributed by atoms with E-state index in [9.17, 15) is 9.59 Å². The predicted molar refractivity (Wildman–Crippen MR) is 64.8 cm³/mol. The van der Waals surface area contributed by atoms with E-state index in [1.807, 2.05) is 0 Å². The van der Waals surface area contributed by atoms with Gasteiger partial charge >= 0.3 is 0 Å². The second kappa shape index (κ2) is 5.79. The molecule has 1 unspecified atom stereocenters. The van der Waals surface area contributed by atoms with Crippen LogP contribution < -0.4 is 11.1 Å². The van der Waals surface area contributed by atoms with Crippen molar-refractivity contribution in [3.63, 3.8) is 0 Å². The molecule has 2 amide bonds. The zero-order valence-corrected chi connectivity index (χ0v) is 10.2. The molecule has 1 aliphatic rings. The average Bonchev–Trinajstić information content (AvgIpc) is 2.67. The highest BCUT2D eigenvalue weighted by Crippen LogP contribution is 2.08. The lowest BCUT2D eigenvalue weighted by molar-refractivity contribution is -0.134. The lowest BCUT2D eigenvalue weighted by atomic mass is 10.2. The molecule has 0 aromatic rings. The molecule has 0 spiro atoms. The molecule has 0 aromatic heterocycles. The summed E-state index contributed by atoms with van der Waals surface area (Å²) in [6.07, 6.45) is 2.07. The summed E-state index contributed by atoms with van der Waals surface area (Å²) < 4.78 is 0. The molecule has 1 atom stereocenters. The number of nitrogens with zero attached hydrogens (tertiary/aromatic N) is 1. The van der Waals surface area contributed by atoms with Crippen LogP contribution in [0, 0.1) is 0 Å². The topological polar surface area (TPSA) is 75.4 Å². The van der Waals surface area contributed by atoms with Crippen molar-refractivity contribution < 1.29 is 9.59 Å². The third-order valence-electron chi connectivity index (χ3n) is 2.50. The summed E-state index contributed by atoms with van der Waals surface area (Å²) in [5, 5.41) is 2.59. The van der Waals surface area contributed by atoms with E-state index in [0.717, 1.165) is 25.9 Å². The molecule has 0 aromatic carbocycles. The minimum atomic E-state index is -0.500. The van der Waals surface area contributed by atoms with Crippen LogP contribution in [-0.4, -0.2) is 40.8 Å². The Labute approximate surface area is 100 Å². The van der Waals surface area contributed by atoms with Gasteiger partial charge in [-0.1, -0.05) is 12.2 Å². The molecule has 1 saturated heterocycles. The first-order valence-electron chi connectivity index (χ1n) is 5.37. The Morgan fingerprint density at radius 1 is 1.44 bits per heavy atom. The monoisotopic (exact) mass is 243 g/mol. The van der Waals surface area contributed by atoms with E-state index < -0.39 is 6.04 Å². The van der Waals surface area contributed by atoms with Crippen molar-refractivity contribution in [1.82, 2.24) is 10.2 Å². The number of hydrogen-bond donors (Lipinski definition) is 2. The predicted octanol–water partition coefficient (Wildman–Crippen LogP) is -0.210. The molecule has 3 N–H and O–H groups in total. The lowest BCUT2D eigenvalue weighted by Crippen LogP contribution is -2.46. The Morgan fingerprint density at radius 3 is 2.50 bits per heavy atom. The number of carbonyl (C=O) groups is 2. The SMILES string of the molecule is CC(NC(=O)CC(N)=S)C(=O)N1CCCC1. The normalized spacial score (nSPS) is 16.9. The zero-order chi connectivity index (χ0) is 12.1. The first-order chi connectivity index (χ1) is 7.50.